The summed E-state index contributed by atoms with van der Waals surface area (Å²) in [5.41, 5.74) is 2.95. The van der Waals surface area contributed by atoms with Crippen LogP contribution in [-0.4, -0.2) is 17.5 Å². The Morgan fingerprint density at radius 3 is 2.70 bits per heavy atom. The summed E-state index contributed by atoms with van der Waals surface area (Å²) < 4.78 is 7.96. The van der Waals surface area contributed by atoms with Crippen molar-refractivity contribution in [2.24, 2.45) is 0 Å². The van der Waals surface area contributed by atoms with Gasteiger partial charge in [0.05, 0.1) is 6.61 Å². The second kappa shape index (κ2) is 6.60. The van der Waals surface area contributed by atoms with Crippen molar-refractivity contribution >= 4 is 17.2 Å². The van der Waals surface area contributed by atoms with Gasteiger partial charge in [0.25, 0.3) is 0 Å². The molecule has 0 saturated heterocycles. The molecule has 0 aliphatic rings. The van der Waals surface area contributed by atoms with Crippen LogP contribution in [0.4, 0.5) is 0 Å². The van der Waals surface area contributed by atoms with Crippen molar-refractivity contribution < 1.29 is 9.53 Å². The predicted octanol–water partition coefficient (Wildman–Crippen LogP) is 4.35. The lowest BCUT2D eigenvalue weighted by Gasteiger charge is -2.07. The zero-order valence-corrected chi connectivity index (χ0v) is 12.6. The van der Waals surface area contributed by atoms with Crippen molar-refractivity contribution in [2.45, 2.75) is 46.6 Å². The first-order valence-corrected chi connectivity index (χ1v) is 7.43. The van der Waals surface area contributed by atoms with Gasteiger partial charge in [-0.05, 0) is 38.0 Å². The van der Waals surface area contributed by atoms with Gasteiger partial charge in [-0.1, -0.05) is 20.3 Å². The topological polar surface area (TPSA) is 31.2 Å². The molecule has 1 heterocycles. The third-order valence-electron chi connectivity index (χ3n) is 3.68. The second-order valence-electron chi connectivity index (χ2n) is 5.15. The Bertz CT molecular complexity index is 599. The maximum atomic E-state index is 11.4. The zero-order chi connectivity index (χ0) is 14.5. The SMILES string of the molecule is CCCCOc1ccc2c(c1)c(C=O)c(C)n2CCC. The third kappa shape index (κ3) is 2.72. The molecular formula is C17H23NO2. The molecule has 0 unspecified atom stereocenters. The lowest BCUT2D eigenvalue weighted by molar-refractivity contribution is 0.112. The Balaban J connectivity index is 2.43. The fourth-order valence-corrected chi connectivity index (χ4v) is 2.57. The van der Waals surface area contributed by atoms with Gasteiger partial charge in [-0.3, -0.25) is 4.79 Å². The molecule has 0 N–H and O–H groups in total. The van der Waals surface area contributed by atoms with E-state index in [0.717, 1.165) is 66.6 Å². The summed E-state index contributed by atoms with van der Waals surface area (Å²) >= 11 is 0. The van der Waals surface area contributed by atoms with E-state index in [1.807, 2.05) is 19.1 Å². The van der Waals surface area contributed by atoms with E-state index in [4.69, 9.17) is 4.74 Å². The molecule has 0 atom stereocenters. The first-order valence-electron chi connectivity index (χ1n) is 7.43. The van der Waals surface area contributed by atoms with Crippen molar-refractivity contribution in [2.75, 3.05) is 6.61 Å². The molecule has 108 valence electrons. The number of benzene rings is 1. The molecule has 20 heavy (non-hydrogen) atoms. The van der Waals surface area contributed by atoms with Crippen LogP contribution in [0.25, 0.3) is 10.9 Å². The highest BCUT2D eigenvalue weighted by atomic mass is 16.5. The van der Waals surface area contributed by atoms with E-state index in [-0.39, 0.29) is 0 Å². The van der Waals surface area contributed by atoms with Crippen molar-refractivity contribution in [3.8, 4) is 5.75 Å². The molecule has 0 fully saturated rings. The van der Waals surface area contributed by atoms with Gasteiger partial charge in [-0.15, -0.1) is 0 Å². The average molecular weight is 273 g/mol. The van der Waals surface area contributed by atoms with Gasteiger partial charge in [0.1, 0.15) is 5.75 Å². The molecule has 3 nitrogen and oxygen atoms in total. The van der Waals surface area contributed by atoms with Crippen LogP contribution in [0.2, 0.25) is 0 Å². The van der Waals surface area contributed by atoms with Crippen molar-refractivity contribution in [1.82, 2.24) is 4.57 Å². The highest BCUT2D eigenvalue weighted by Gasteiger charge is 2.13. The molecule has 0 spiro atoms. The van der Waals surface area contributed by atoms with Crippen molar-refractivity contribution in [3.63, 3.8) is 0 Å². The number of rotatable bonds is 7. The van der Waals surface area contributed by atoms with Gasteiger partial charge < -0.3 is 9.30 Å². The van der Waals surface area contributed by atoms with Gasteiger partial charge in [-0.25, -0.2) is 0 Å². The number of unbranched alkanes of at least 4 members (excludes halogenated alkanes) is 1. The predicted molar refractivity (Wildman–Crippen MR) is 82.8 cm³/mol. The number of aromatic nitrogens is 1. The van der Waals surface area contributed by atoms with Crippen LogP contribution in [0, 0.1) is 6.92 Å². The number of ether oxygens (including phenoxy) is 1. The minimum Gasteiger partial charge on any atom is -0.494 e. The van der Waals surface area contributed by atoms with Gasteiger partial charge in [-0.2, -0.15) is 0 Å². The molecule has 0 aliphatic carbocycles. The standard InChI is InChI=1S/C17H23NO2/c1-4-6-10-20-14-7-8-17-15(11-14)16(12-19)13(3)18(17)9-5-2/h7-8,11-12H,4-6,9-10H2,1-3H3. The molecule has 3 heteroatoms. The number of hydrogen-bond donors (Lipinski definition) is 0. The second-order valence-corrected chi connectivity index (χ2v) is 5.15. The van der Waals surface area contributed by atoms with E-state index in [1.165, 1.54) is 0 Å². The van der Waals surface area contributed by atoms with Crippen LogP contribution >= 0.6 is 0 Å². The van der Waals surface area contributed by atoms with Crippen LogP contribution in [-0.2, 0) is 6.54 Å². The summed E-state index contributed by atoms with van der Waals surface area (Å²) in [5.74, 6) is 0.850. The van der Waals surface area contributed by atoms with Crippen LogP contribution in [0.1, 0.15) is 49.2 Å². The van der Waals surface area contributed by atoms with E-state index in [9.17, 15) is 4.79 Å². The lowest BCUT2D eigenvalue weighted by atomic mass is 10.1. The lowest BCUT2D eigenvalue weighted by Crippen LogP contribution is -1.99. The van der Waals surface area contributed by atoms with E-state index < -0.39 is 0 Å². The summed E-state index contributed by atoms with van der Waals surface area (Å²) in [5, 5.41) is 1.000. The van der Waals surface area contributed by atoms with Crippen LogP contribution in [0.5, 0.6) is 5.75 Å². The molecule has 1 aromatic heterocycles. The summed E-state index contributed by atoms with van der Waals surface area (Å²) in [6.45, 7) is 7.97. The Morgan fingerprint density at radius 1 is 1.25 bits per heavy atom. The largest absolute Gasteiger partial charge is 0.494 e. The smallest absolute Gasteiger partial charge is 0.152 e. The number of hydrogen-bond acceptors (Lipinski definition) is 2. The molecule has 0 aliphatic heterocycles. The average Bonchev–Trinajstić information content (AvgIpc) is 2.71. The quantitative estimate of drug-likeness (QED) is 0.554. The Morgan fingerprint density at radius 2 is 2.05 bits per heavy atom. The van der Waals surface area contributed by atoms with E-state index in [2.05, 4.69) is 24.5 Å². The van der Waals surface area contributed by atoms with E-state index in [1.54, 1.807) is 0 Å². The Kier molecular flexibility index (Phi) is 4.83. The van der Waals surface area contributed by atoms with Crippen LogP contribution in [0.3, 0.4) is 0 Å². The number of aryl methyl sites for hydroxylation is 1. The summed E-state index contributed by atoms with van der Waals surface area (Å²) in [6, 6.07) is 6.05. The van der Waals surface area contributed by atoms with Crippen LogP contribution in [0.15, 0.2) is 18.2 Å². The maximum Gasteiger partial charge on any atom is 0.152 e. The van der Waals surface area contributed by atoms with Crippen LogP contribution < -0.4 is 4.74 Å². The highest BCUT2D eigenvalue weighted by molar-refractivity contribution is 6.00. The summed E-state index contributed by atoms with van der Waals surface area (Å²) in [6.07, 6.45) is 4.18. The van der Waals surface area contributed by atoms with Crippen molar-refractivity contribution in [1.29, 1.82) is 0 Å². The summed E-state index contributed by atoms with van der Waals surface area (Å²) in [7, 11) is 0. The molecule has 0 saturated carbocycles. The molecule has 0 amide bonds. The van der Waals surface area contributed by atoms with Gasteiger partial charge in [0, 0.05) is 28.7 Å². The van der Waals surface area contributed by atoms with Gasteiger partial charge >= 0.3 is 0 Å². The minimum absolute atomic E-state index is 0.729. The summed E-state index contributed by atoms with van der Waals surface area (Å²) in [4.78, 5) is 11.4. The van der Waals surface area contributed by atoms with Crippen molar-refractivity contribution in [3.05, 3.63) is 29.5 Å². The zero-order valence-electron chi connectivity index (χ0n) is 12.6. The monoisotopic (exact) mass is 273 g/mol. The van der Waals surface area contributed by atoms with E-state index >= 15 is 0 Å². The Hall–Kier alpha value is -1.77. The normalized spacial score (nSPS) is 10.9. The Labute approximate surface area is 120 Å². The number of nitrogens with zero attached hydrogens (tertiary/aromatic N) is 1. The van der Waals surface area contributed by atoms with E-state index in [0.29, 0.717) is 0 Å². The first-order chi connectivity index (χ1) is 9.72. The number of fused-ring (bicyclic) bond motifs is 1. The fourth-order valence-electron chi connectivity index (χ4n) is 2.57. The number of carbonyl (C=O) groups excluding carboxylic acids is 1. The number of aldehydes is 1. The maximum absolute atomic E-state index is 11.4. The third-order valence-corrected chi connectivity index (χ3v) is 3.68. The molecular weight excluding hydrogens is 250 g/mol. The first kappa shape index (κ1) is 14.6. The molecule has 1 aromatic carbocycles. The number of carbonyl (C=O) groups is 1. The molecule has 0 bridgehead atoms. The molecule has 2 aromatic rings. The highest BCUT2D eigenvalue weighted by Crippen LogP contribution is 2.28. The van der Waals surface area contributed by atoms with Gasteiger partial charge in [0.2, 0.25) is 0 Å². The van der Waals surface area contributed by atoms with Gasteiger partial charge in [0.15, 0.2) is 6.29 Å². The fraction of sp³-hybridized carbons (Fsp3) is 0.471. The minimum atomic E-state index is 0.729. The molecule has 0 radical (unpaired) electrons. The molecule has 2 rings (SSSR count).